The van der Waals surface area contributed by atoms with Crippen LogP contribution in [0.15, 0.2) is 41.7 Å². The molecular weight excluding hydrogens is 258 g/mol. The van der Waals surface area contributed by atoms with Gasteiger partial charge in [0.15, 0.2) is 0 Å². The highest BCUT2D eigenvalue weighted by Gasteiger charge is 2.24. The van der Waals surface area contributed by atoms with E-state index < -0.39 is 0 Å². The minimum atomic E-state index is 0.0231. The molecule has 5 heteroatoms. The molecule has 0 fully saturated rings. The summed E-state index contributed by atoms with van der Waals surface area (Å²) < 4.78 is 1.77. The molecule has 0 radical (unpaired) electrons. The van der Waals surface area contributed by atoms with Crippen LogP contribution in [0.3, 0.4) is 0 Å². The van der Waals surface area contributed by atoms with Crippen molar-refractivity contribution in [2.75, 3.05) is 17.2 Å². The van der Waals surface area contributed by atoms with Crippen LogP contribution >= 0.6 is 11.8 Å². The maximum absolute atomic E-state index is 12.7. The molecule has 19 heavy (non-hydrogen) atoms. The van der Waals surface area contributed by atoms with Gasteiger partial charge in [0, 0.05) is 18.5 Å². The van der Waals surface area contributed by atoms with Crippen LogP contribution in [0.4, 0.5) is 5.69 Å². The quantitative estimate of drug-likeness (QED) is 0.801. The SMILES string of the molecule is Cn1cncc1C(=O)N1CCCSc2ccccc21. The third kappa shape index (κ3) is 2.26. The van der Waals surface area contributed by atoms with Crippen molar-refractivity contribution in [1.82, 2.24) is 9.55 Å². The lowest BCUT2D eigenvalue weighted by Crippen LogP contribution is -2.33. The first-order valence-electron chi connectivity index (χ1n) is 6.27. The number of carbonyl (C=O) groups excluding carboxylic acids is 1. The predicted octanol–water partition coefficient (Wildman–Crippen LogP) is 2.56. The van der Waals surface area contributed by atoms with Gasteiger partial charge in [0.2, 0.25) is 0 Å². The first kappa shape index (κ1) is 12.3. The van der Waals surface area contributed by atoms with Crippen molar-refractivity contribution >= 4 is 23.4 Å². The fourth-order valence-electron chi connectivity index (χ4n) is 2.24. The van der Waals surface area contributed by atoms with Crippen LogP contribution in [-0.4, -0.2) is 27.8 Å². The van der Waals surface area contributed by atoms with E-state index in [1.54, 1.807) is 17.1 Å². The predicted molar refractivity (Wildman–Crippen MR) is 76.7 cm³/mol. The summed E-state index contributed by atoms with van der Waals surface area (Å²) in [5, 5.41) is 0. The summed E-state index contributed by atoms with van der Waals surface area (Å²) in [6.45, 7) is 0.758. The molecule has 1 aromatic heterocycles. The second-order valence-corrected chi connectivity index (χ2v) is 5.65. The molecular formula is C14H15N3OS. The number of thioether (sulfide) groups is 1. The summed E-state index contributed by atoms with van der Waals surface area (Å²) in [6.07, 6.45) is 4.29. The summed E-state index contributed by atoms with van der Waals surface area (Å²) in [6, 6.07) is 8.09. The number of hydrogen-bond donors (Lipinski definition) is 0. The fourth-order valence-corrected chi connectivity index (χ4v) is 3.23. The van der Waals surface area contributed by atoms with Gasteiger partial charge in [0.1, 0.15) is 5.69 Å². The lowest BCUT2D eigenvalue weighted by molar-refractivity contribution is 0.0979. The first-order chi connectivity index (χ1) is 9.27. The third-order valence-electron chi connectivity index (χ3n) is 3.22. The second kappa shape index (κ2) is 5.09. The Hall–Kier alpha value is -1.75. The Morgan fingerprint density at radius 2 is 2.21 bits per heavy atom. The molecule has 2 heterocycles. The minimum Gasteiger partial charge on any atom is -0.330 e. The van der Waals surface area contributed by atoms with E-state index in [9.17, 15) is 4.79 Å². The van der Waals surface area contributed by atoms with E-state index >= 15 is 0 Å². The van der Waals surface area contributed by atoms with Gasteiger partial charge in [-0.25, -0.2) is 4.98 Å². The molecule has 0 unspecified atom stereocenters. The molecule has 1 amide bonds. The number of carbonyl (C=O) groups is 1. The number of benzene rings is 1. The van der Waals surface area contributed by atoms with E-state index in [-0.39, 0.29) is 5.91 Å². The zero-order chi connectivity index (χ0) is 13.2. The molecule has 4 nitrogen and oxygen atoms in total. The van der Waals surface area contributed by atoms with E-state index in [2.05, 4.69) is 11.1 Å². The number of anilines is 1. The van der Waals surface area contributed by atoms with Gasteiger partial charge in [0.25, 0.3) is 5.91 Å². The zero-order valence-corrected chi connectivity index (χ0v) is 11.6. The van der Waals surface area contributed by atoms with E-state index in [1.807, 2.05) is 41.9 Å². The highest BCUT2D eigenvalue weighted by Crippen LogP contribution is 2.34. The Morgan fingerprint density at radius 1 is 1.37 bits per heavy atom. The molecule has 1 aliphatic heterocycles. The van der Waals surface area contributed by atoms with Crippen LogP contribution in [0.25, 0.3) is 0 Å². The first-order valence-corrected chi connectivity index (χ1v) is 7.26. The number of rotatable bonds is 1. The molecule has 0 bridgehead atoms. The van der Waals surface area contributed by atoms with E-state index in [4.69, 9.17) is 0 Å². The molecule has 1 aromatic carbocycles. The van der Waals surface area contributed by atoms with Crippen molar-refractivity contribution in [3.05, 3.63) is 42.5 Å². The molecule has 0 N–H and O–H groups in total. The van der Waals surface area contributed by atoms with Gasteiger partial charge in [0.05, 0.1) is 18.2 Å². The van der Waals surface area contributed by atoms with Gasteiger partial charge in [-0.05, 0) is 24.3 Å². The van der Waals surface area contributed by atoms with Crippen molar-refractivity contribution in [3.8, 4) is 0 Å². The monoisotopic (exact) mass is 273 g/mol. The fraction of sp³-hybridized carbons (Fsp3) is 0.286. The van der Waals surface area contributed by atoms with Gasteiger partial charge in [-0.1, -0.05) is 12.1 Å². The summed E-state index contributed by atoms with van der Waals surface area (Å²) in [5.74, 6) is 1.07. The lowest BCUT2D eigenvalue weighted by atomic mass is 10.2. The maximum atomic E-state index is 12.7. The summed E-state index contributed by atoms with van der Waals surface area (Å²) in [5.41, 5.74) is 1.64. The van der Waals surface area contributed by atoms with Crippen molar-refractivity contribution in [2.24, 2.45) is 7.05 Å². The smallest absolute Gasteiger partial charge is 0.276 e. The lowest BCUT2D eigenvalue weighted by Gasteiger charge is -2.22. The molecule has 0 saturated carbocycles. The van der Waals surface area contributed by atoms with Gasteiger partial charge in [-0.2, -0.15) is 0 Å². The van der Waals surface area contributed by atoms with Crippen LogP contribution in [0.5, 0.6) is 0 Å². The summed E-state index contributed by atoms with van der Waals surface area (Å²) in [7, 11) is 1.85. The van der Waals surface area contributed by atoms with Crippen LogP contribution in [0, 0.1) is 0 Å². The van der Waals surface area contributed by atoms with E-state index in [0.717, 1.165) is 24.4 Å². The molecule has 0 atom stereocenters. The normalized spacial score (nSPS) is 14.9. The van der Waals surface area contributed by atoms with Crippen LogP contribution in [0.1, 0.15) is 16.9 Å². The highest BCUT2D eigenvalue weighted by atomic mass is 32.2. The number of imidazole rings is 1. The molecule has 0 spiro atoms. The largest absolute Gasteiger partial charge is 0.330 e. The Bertz CT molecular complexity index is 608. The van der Waals surface area contributed by atoms with Crippen LogP contribution in [0.2, 0.25) is 0 Å². The number of nitrogens with zero attached hydrogens (tertiary/aromatic N) is 3. The highest BCUT2D eigenvalue weighted by molar-refractivity contribution is 7.99. The van der Waals surface area contributed by atoms with Crippen molar-refractivity contribution < 1.29 is 4.79 Å². The van der Waals surface area contributed by atoms with Crippen LogP contribution in [-0.2, 0) is 7.05 Å². The molecule has 2 aromatic rings. The number of para-hydroxylation sites is 1. The Kier molecular flexibility index (Phi) is 3.29. The van der Waals surface area contributed by atoms with E-state index in [1.165, 1.54) is 4.90 Å². The van der Waals surface area contributed by atoms with Gasteiger partial charge < -0.3 is 9.47 Å². The topological polar surface area (TPSA) is 38.1 Å². The molecule has 0 aliphatic carbocycles. The Balaban J connectivity index is 2.01. The van der Waals surface area contributed by atoms with Gasteiger partial charge >= 0.3 is 0 Å². The molecule has 98 valence electrons. The summed E-state index contributed by atoms with van der Waals surface area (Å²) >= 11 is 1.82. The van der Waals surface area contributed by atoms with E-state index in [0.29, 0.717) is 5.69 Å². The minimum absolute atomic E-state index is 0.0231. The van der Waals surface area contributed by atoms with Crippen molar-refractivity contribution in [2.45, 2.75) is 11.3 Å². The Labute approximate surface area is 116 Å². The Morgan fingerprint density at radius 3 is 3.00 bits per heavy atom. The number of aromatic nitrogens is 2. The number of fused-ring (bicyclic) bond motifs is 1. The maximum Gasteiger partial charge on any atom is 0.276 e. The average Bonchev–Trinajstić information content (AvgIpc) is 2.74. The summed E-state index contributed by atoms with van der Waals surface area (Å²) in [4.78, 5) is 19.7. The van der Waals surface area contributed by atoms with Crippen LogP contribution < -0.4 is 4.90 Å². The van der Waals surface area contributed by atoms with Gasteiger partial charge in [-0.15, -0.1) is 11.8 Å². The number of hydrogen-bond acceptors (Lipinski definition) is 3. The van der Waals surface area contributed by atoms with Crippen molar-refractivity contribution in [3.63, 3.8) is 0 Å². The molecule has 0 saturated heterocycles. The second-order valence-electron chi connectivity index (χ2n) is 4.52. The number of amides is 1. The molecule has 1 aliphatic rings. The standard InChI is InChI=1S/C14H15N3OS/c1-16-10-15-9-12(16)14(18)17-7-4-8-19-13-6-3-2-5-11(13)17/h2-3,5-6,9-10H,4,7-8H2,1H3. The average molecular weight is 273 g/mol. The third-order valence-corrected chi connectivity index (χ3v) is 4.37. The van der Waals surface area contributed by atoms with Gasteiger partial charge in [-0.3, -0.25) is 4.79 Å². The zero-order valence-electron chi connectivity index (χ0n) is 10.7. The number of aryl methyl sites for hydroxylation is 1. The van der Waals surface area contributed by atoms with Crippen molar-refractivity contribution in [1.29, 1.82) is 0 Å². The molecule has 3 rings (SSSR count).